The van der Waals surface area contributed by atoms with Gasteiger partial charge < -0.3 is 13.9 Å². The number of aromatic nitrogens is 1. The van der Waals surface area contributed by atoms with Crippen LogP contribution in [0.4, 0.5) is 17.1 Å². The van der Waals surface area contributed by atoms with Crippen LogP contribution in [0.5, 0.6) is 0 Å². The summed E-state index contributed by atoms with van der Waals surface area (Å²) in [4.78, 5) is 2.40. The van der Waals surface area contributed by atoms with Gasteiger partial charge in [0.15, 0.2) is 0 Å². The van der Waals surface area contributed by atoms with Crippen molar-refractivity contribution in [3.63, 3.8) is 0 Å². The molecule has 0 unspecified atom stereocenters. The molecule has 11 aromatic carbocycles. The fraction of sp³-hybridized carbons (Fsp3) is 0. The number of benzene rings is 11. The van der Waals surface area contributed by atoms with E-state index in [4.69, 9.17) is 4.42 Å². The summed E-state index contributed by atoms with van der Waals surface area (Å²) < 4.78 is 8.98. The van der Waals surface area contributed by atoms with Crippen molar-refractivity contribution in [2.75, 3.05) is 4.90 Å². The first-order valence-electron chi connectivity index (χ1n) is 22.2. The molecule has 3 heteroatoms. The molecule has 0 saturated heterocycles. The molecule has 0 N–H and O–H groups in total. The Balaban J connectivity index is 1.03. The Bertz CT molecular complexity index is 3930. The zero-order chi connectivity index (χ0) is 42.8. The third-order valence-electron chi connectivity index (χ3n) is 13.2. The fourth-order valence-electron chi connectivity index (χ4n) is 10.2. The van der Waals surface area contributed by atoms with Crippen LogP contribution in [0.1, 0.15) is 0 Å². The van der Waals surface area contributed by atoms with E-state index in [-0.39, 0.29) is 0 Å². The molecule has 0 atom stereocenters. The molecule has 0 aliphatic carbocycles. The predicted molar refractivity (Wildman–Crippen MR) is 274 cm³/mol. The molecular formula is C62H40N2O. The Hall–Kier alpha value is -8.66. The molecule has 0 saturated carbocycles. The molecule has 0 aliphatic rings. The van der Waals surface area contributed by atoms with Crippen LogP contribution in [0.15, 0.2) is 247 Å². The van der Waals surface area contributed by atoms with Crippen molar-refractivity contribution in [3.8, 4) is 39.1 Å². The summed E-state index contributed by atoms with van der Waals surface area (Å²) in [5, 5.41) is 9.68. The van der Waals surface area contributed by atoms with Gasteiger partial charge in [-0.3, -0.25) is 0 Å². The molecule has 0 radical (unpaired) electrons. The zero-order valence-electron chi connectivity index (χ0n) is 35.4. The first-order chi connectivity index (χ1) is 32.2. The topological polar surface area (TPSA) is 21.3 Å². The highest BCUT2D eigenvalue weighted by atomic mass is 16.3. The smallest absolute Gasteiger partial charge is 0.143 e. The lowest BCUT2D eigenvalue weighted by Gasteiger charge is -2.28. The summed E-state index contributed by atoms with van der Waals surface area (Å²) in [6.45, 7) is 0. The Labute approximate surface area is 376 Å². The molecule has 13 rings (SSSR count). The van der Waals surface area contributed by atoms with Gasteiger partial charge in [-0.1, -0.05) is 182 Å². The third-order valence-corrected chi connectivity index (χ3v) is 13.2. The summed E-state index contributed by atoms with van der Waals surface area (Å²) in [6, 6.07) is 87.8. The highest BCUT2D eigenvalue weighted by molar-refractivity contribution is 6.25. The number of anilines is 3. The summed E-state index contributed by atoms with van der Waals surface area (Å²) >= 11 is 0. The van der Waals surface area contributed by atoms with Gasteiger partial charge in [-0.15, -0.1) is 0 Å². The standard InChI is InChI=1S/C62H40N2O/c1-2-14-41(15-3-1)43-30-35-48(36-31-43)63(49-37-32-45(33-38-49)52-22-12-23-54-53-20-8-11-27-59(53)65-62(52)54)55-24-9-10-25-56(55)64-57-26-13-21-51(47-29-28-42-16-4-5-18-46(42)40-47)61(57)60-50-19-7-6-17-44(50)34-39-58(60)64/h1-40H. The van der Waals surface area contributed by atoms with Crippen molar-refractivity contribution in [1.29, 1.82) is 0 Å². The molecule has 0 spiro atoms. The van der Waals surface area contributed by atoms with Gasteiger partial charge in [-0.25, -0.2) is 0 Å². The quantitative estimate of drug-likeness (QED) is 0.160. The van der Waals surface area contributed by atoms with E-state index in [9.17, 15) is 0 Å². The van der Waals surface area contributed by atoms with Crippen LogP contribution in [0, 0.1) is 0 Å². The third kappa shape index (κ3) is 6.05. The maximum atomic E-state index is 6.50. The number of furan rings is 1. The number of rotatable bonds is 7. The number of hydrogen-bond acceptors (Lipinski definition) is 2. The second kappa shape index (κ2) is 15.0. The van der Waals surface area contributed by atoms with Crippen LogP contribution >= 0.6 is 0 Å². The minimum atomic E-state index is 0.899. The molecule has 2 aromatic heterocycles. The Morgan fingerprint density at radius 1 is 0.338 bits per heavy atom. The van der Waals surface area contributed by atoms with Crippen LogP contribution in [-0.4, -0.2) is 4.57 Å². The van der Waals surface area contributed by atoms with Crippen LogP contribution in [0.25, 0.3) is 104 Å². The van der Waals surface area contributed by atoms with Gasteiger partial charge >= 0.3 is 0 Å². The zero-order valence-corrected chi connectivity index (χ0v) is 35.4. The van der Waals surface area contributed by atoms with Crippen molar-refractivity contribution in [3.05, 3.63) is 243 Å². The molecule has 0 aliphatic heterocycles. The molecule has 0 bridgehead atoms. The van der Waals surface area contributed by atoms with Crippen LogP contribution in [0.2, 0.25) is 0 Å². The van der Waals surface area contributed by atoms with Gasteiger partial charge in [0.2, 0.25) is 0 Å². The Morgan fingerprint density at radius 3 is 1.75 bits per heavy atom. The lowest BCUT2D eigenvalue weighted by molar-refractivity contribution is 0.670. The van der Waals surface area contributed by atoms with E-state index in [1.807, 2.05) is 12.1 Å². The van der Waals surface area contributed by atoms with E-state index in [1.165, 1.54) is 54.6 Å². The van der Waals surface area contributed by atoms with E-state index in [0.29, 0.717) is 0 Å². The SMILES string of the molecule is c1ccc(-c2ccc(N(c3ccc(-c4cccc5c4oc4ccccc45)cc3)c3ccccc3-n3c4cccc(-c5ccc6ccccc6c5)c4c4c5ccccc5ccc43)cc2)cc1. The number of hydrogen-bond donors (Lipinski definition) is 0. The van der Waals surface area contributed by atoms with Crippen LogP contribution < -0.4 is 4.90 Å². The minimum Gasteiger partial charge on any atom is -0.455 e. The molecule has 2 heterocycles. The lowest BCUT2D eigenvalue weighted by atomic mass is 9.95. The van der Waals surface area contributed by atoms with Crippen molar-refractivity contribution in [2.24, 2.45) is 0 Å². The van der Waals surface area contributed by atoms with Crippen LogP contribution in [-0.2, 0) is 0 Å². The van der Waals surface area contributed by atoms with Crippen molar-refractivity contribution in [1.82, 2.24) is 4.57 Å². The van der Waals surface area contributed by atoms with E-state index in [0.717, 1.165) is 66.8 Å². The summed E-state index contributed by atoms with van der Waals surface area (Å²) in [5.41, 5.74) is 15.3. The number of para-hydroxylation sites is 4. The van der Waals surface area contributed by atoms with E-state index >= 15 is 0 Å². The van der Waals surface area contributed by atoms with E-state index in [2.05, 4.69) is 240 Å². The molecule has 3 nitrogen and oxygen atoms in total. The van der Waals surface area contributed by atoms with Gasteiger partial charge in [0.25, 0.3) is 0 Å². The maximum absolute atomic E-state index is 6.50. The normalized spacial score (nSPS) is 11.7. The largest absolute Gasteiger partial charge is 0.455 e. The summed E-state index contributed by atoms with van der Waals surface area (Å²) in [5.74, 6) is 0. The average Bonchev–Trinajstić information content (AvgIpc) is 3.94. The number of fused-ring (bicyclic) bond motifs is 9. The average molecular weight is 829 g/mol. The maximum Gasteiger partial charge on any atom is 0.143 e. The first-order valence-corrected chi connectivity index (χ1v) is 22.2. The fourth-order valence-corrected chi connectivity index (χ4v) is 10.2. The lowest BCUT2D eigenvalue weighted by Crippen LogP contribution is -2.13. The van der Waals surface area contributed by atoms with Gasteiger partial charge in [-0.2, -0.15) is 0 Å². The highest BCUT2D eigenvalue weighted by Gasteiger charge is 2.23. The van der Waals surface area contributed by atoms with Crippen molar-refractivity contribution < 1.29 is 4.42 Å². The first kappa shape index (κ1) is 36.9. The van der Waals surface area contributed by atoms with Crippen molar-refractivity contribution >= 4 is 82.4 Å². The van der Waals surface area contributed by atoms with Crippen molar-refractivity contribution in [2.45, 2.75) is 0 Å². The Kier molecular flexibility index (Phi) is 8.53. The summed E-state index contributed by atoms with van der Waals surface area (Å²) in [7, 11) is 0. The molecule has 65 heavy (non-hydrogen) atoms. The molecule has 304 valence electrons. The Morgan fingerprint density at radius 2 is 0.923 bits per heavy atom. The number of nitrogens with zero attached hydrogens (tertiary/aromatic N) is 2. The van der Waals surface area contributed by atoms with Gasteiger partial charge in [0, 0.05) is 38.5 Å². The van der Waals surface area contributed by atoms with Gasteiger partial charge in [-0.05, 0) is 110 Å². The van der Waals surface area contributed by atoms with Crippen LogP contribution in [0.3, 0.4) is 0 Å². The van der Waals surface area contributed by atoms with E-state index in [1.54, 1.807) is 0 Å². The second-order valence-electron chi connectivity index (χ2n) is 16.8. The molecule has 0 fully saturated rings. The molecule has 13 aromatic rings. The van der Waals surface area contributed by atoms with Gasteiger partial charge in [0.1, 0.15) is 11.2 Å². The minimum absolute atomic E-state index is 0.899. The molecule has 0 amide bonds. The monoisotopic (exact) mass is 828 g/mol. The highest BCUT2D eigenvalue weighted by Crippen LogP contribution is 2.46. The molecular weight excluding hydrogens is 789 g/mol. The second-order valence-corrected chi connectivity index (χ2v) is 16.8. The van der Waals surface area contributed by atoms with Gasteiger partial charge in [0.05, 0.1) is 22.4 Å². The summed E-state index contributed by atoms with van der Waals surface area (Å²) in [6.07, 6.45) is 0. The van der Waals surface area contributed by atoms with E-state index < -0.39 is 0 Å². The predicted octanol–water partition coefficient (Wildman–Crippen LogP) is 17.5.